The molecule has 0 saturated heterocycles. The van der Waals surface area contributed by atoms with Crippen LogP contribution < -0.4 is 9.47 Å². The number of hydrogen-bond donors (Lipinski definition) is 2. The molecule has 2 atom stereocenters. The summed E-state index contributed by atoms with van der Waals surface area (Å²) in [7, 11) is 2.98. The molecular weight excluding hydrogens is 348 g/mol. The SMILES string of the molecule is COc1cc(C(O)C(O)CSC(C)=O)c(OC)cc1Br. The van der Waals surface area contributed by atoms with E-state index < -0.39 is 12.2 Å². The van der Waals surface area contributed by atoms with Gasteiger partial charge < -0.3 is 19.7 Å². The first kappa shape index (κ1) is 17.3. The van der Waals surface area contributed by atoms with Crippen molar-refractivity contribution in [2.24, 2.45) is 0 Å². The molecule has 0 saturated carbocycles. The van der Waals surface area contributed by atoms with Gasteiger partial charge in [0, 0.05) is 18.2 Å². The van der Waals surface area contributed by atoms with Crippen molar-refractivity contribution in [3.8, 4) is 11.5 Å². The van der Waals surface area contributed by atoms with Crippen LogP contribution in [0, 0.1) is 0 Å². The Morgan fingerprint density at radius 3 is 2.40 bits per heavy atom. The van der Waals surface area contributed by atoms with Gasteiger partial charge in [-0.2, -0.15) is 0 Å². The summed E-state index contributed by atoms with van der Waals surface area (Å²) in [4.78, 5) is 10.9. The van der Waals surface area contributed by atoms with Crippen molar-refractivity contribution >= 4 is 32.8 Å². The smallest absolute Gasteiger partial charge is 0.185 e. The quantitative estimate of drug-likeness (QED) is 0.805. The van der Waals surface area contributed by atoms with E-state index in [-0.39, 0.29) is 10.9 Å². The average molecular weight is 365 g/mol. The summed E-state index contributed by atoms with van der Waals surface area (Å²) < 4.78 is 11.0. The maximum absolute atomic E-state index is 10.9. The standard InChI is InChI=1S/C13H17BrO5S/c1-7(15)20-6-10(16)13(17)8-4-12(19-3)9(14)5-11(8)18-2/h4-5,10,13,16-17H,6H2,1-3H3. The van der Waals surface area contributed by atoms with Gasteiger partial charge in [0.15, 0.2) is 5.12 Å². The first-order valence-corrected chi connectivity index (χ1v) is 7.59. The number of carbonyl (C=O) groups is 1. The zero-order valence-electron chi connectivity index (χ0n) is 11.4. The third kappa shape index (κ3) is 4.37. The predicted molar refractivity (Wildman–Crippen MR) is 81.4 cm³/mol. The number of benzene rings is 1. The van der Waals surface area contributed by atoms with Crippen molar-refractivity contribution in [3.63, 3.8) is 0 Å². The number of carbonyl (C=O) groups excluding carboxylic acids is 1. The van der Waals surface area contributed by atoms with Gasteiger partial charge in [0.1, 0.15) is 17.6 Å². The first-order chi connectivity index (χ1) is 9.40. The van der Waals surface area contributed by atoms with Gasteiger partial charge in [-0.25, -0.2) is 0 Å². The molecule has 2 N–H and O–H groups in total. The van der Waals surface area contributed by atoms with Gasteiger partial charge in [0.05, 0.1) is 24.8 Å². The highest BCUT2D eigenvalue weighted by molar-refractivity contribution is 9.10. The van der Waals surface area contributed by atoms with Crippen LogP contribution in [0.25, 0.3) is 0 Å². The van der Waals surface area contributed by atoms with E-state index in [0.29, 0.717) is 21.5 Å². The van der Waals surface area contributed by atoms with Gasteiger partial charge in [-0.15, -0.1) is 0 Å². The molecule has 0 radical (unpaired) electrons. The monoisotopic (exact) mass is 364 g/mol. The lowest BCUT2D eigenvalue weighted by Crippen LogP contribution is -2.22. The van der Waals surface area contributed by atoms with Crippen LogP contribution in [0.3, 0.4) is 0 Å². The molecule has 5 nitrogen and oxygen atoms in total. The van der Waals surface area contributed by atoms with Crippen LogP contribution in [0.4, 0.5) is 0 Å². The Balaban J connectivity index is 3.00. The van der Waals surface area contributed by atoms with E-state index in [2.05, 4.69) is 15.9 Å². The lowest BCUT2D eigenvalue weighted by Gasteiger charge is -2.21. The van der Waals surface area contributed by atoms with Crippen LogP contribution in [-0.4, -0.2) is 41.4 Å². The number of ether oxygens (including phenoxy) is 2. The normalized spacial score (nSPS) is 13.7. The Bertz CT molecular complexity index is 480. The van der Waals surface area contributed by atoms with E-state index in [4.69, 9.17) is 9.47 Å². The van der Waals surface area contributed by atoms with Crippen LogP contribution in [0.2, 0.25) is 0 Å². The summed E-state index contributed by atoms with van der Waals surface area (Å²) in [5.74, 6) is 1.06. The molecule has 1 aromatic rings. The molecule has 0 heterocycles. The third-order valence-corrected chi connectivity index (χ3v) is 4.18. The Kier molecular flexibility index (Phi) is 6.81. The molecule has 1 aromatic carbocycles. The highest BCUT2D eigenvalue weighted by Gasteiger charge is 2.24. The van der Waals surface area contributed by atoms with Gasteiger partial charge in [0.2, 0.25) is 0 Å². The van der Waals surface area contributed by atoms with E-state index >= 15 is 0 Å². The lowest BCUT2D eigenvalue weighted by molar-refractivity contribution is -0.109. The van der Waals surface area contributed by atoms with Crippen LogP contribution in [0.15, 0.2) is 16.6 Å². The molecule has 112 valence electrons. The van der Waals surface area contributed by atoms with Crippen LogP contribution in [0.1, 0.15) is 18.6 Å². The van der Waals surface area contributed by atoms with Crippen LogP contribution in [0.5, 0.6) is 11.5 Å². The highest BCUT2D eigenvalue weighted by atomic mass is 79.9. The topological polar surface area (TPSA) is 76.0 Å². The number of hydrogen-bond acceptors (Lipinski definition) is 6. The maximum atomic E-state index is 10.9. The van der Waals surface area contributed by atoms with Crippen LogP contribution in [-0.2, 0) is 4.79 Å². The second-order valence-electron chi connectivity index (χ2n) is 4.04. The minimum absolute atomic E-state index is 0.109. The molecule has 0 fully saturated rings. The Morgan fingerprint density at radius 1 is 1.30 bits per heavy atom. The predicted octanol–water partition coefficient (Wildman–Crippen LogP) is 2.14. The number of rotatable bonds is 6. The lowest BCUT2D eigenvalue weighted by atomic mass is 10.0. The van der Waals surface area contributed by atoms with Gasteiger partial charge >= 0.3 is 0 Å². The zero-order chi connectivity index (χ0) is 15.3. The van der Waals surface area contributed by atoms with Crippen molar-refractivity contribution in [1.82, 2.24) is 0 Å². The first-order valence-electron chi connectivity index (χ1n) is 5.81. The fraction of sp³-hybridized carbons (Fsp3) is 0.462. The molecule has 0 aromatic heterocycles. The number of methoxy groups -OCH3 is 2. The van der Waals surface area contributed by atoms with Gasteiger partial charge in [-0.3, -0.25) is 4.79 Å². The fourth-order valence-electron chi connectivity index (χ4n) is 1.62. The van der Waals surface area contributed by atoms with Gasteiger partial charge in [-0.05, 0) is 28.1 Å². The van der Waals surface area contributed by atoms with Crippen LogP contribution >= 0.6 is 27.7 Å². The van der Waals surface area contributed by atoms with Crippen molar-refractivity contribution in [1.29, 1.82) is 0 Å². The summed E-state index contributed by atoms with van der Waals surface area (Å²) in [5.41, 5.74) is 0.407. The zero-order valence-corrected chi connectivity index (χ0v) is 13.8. The molecule has 0 aliphatic carbocycles. The third-order valence-electron chi connectivity index (χ3n) is 2.64. The molecule has 1 rings (SSSR count). The van der Waals surface area contributed by atoms with E-state index in [9.17, 15) is 15.0 Å². The van der Waals surface area contributed by atoms with Gasteiger partial charge in [-0.1, -0.05) is 11.8 Å². The Morgan fingerprint density at radius 2 is 1.90 bits per heavy atom. The molecule has 2 unspecified atom stereocenters. The number of halogens is 1. The second kappa shape index (κ2) is 7.87. The van der Waals surface area contributed by atoms with E-state index in [1.807, 2.05) is 0 Å². The fourth-order valence-corrected chi connectivity index (χ4v) is 2.69. The molecule has 0 aliphatic rings. The molecule has 7 heteroatoms. The summed E-state index contributed by atoms with van der Waals surface area (Å²) >= 11 is 4.28. The minimum Gasteiger partial charge on any atom is -0.496 e. The highest BCUT2D eigenvalue weighted by Crippen LogP contribution is 2.37. The molecule has 0 bridgehead atoms. The summed E-state index contributed by atoms with van der Waals surface area (Å²) in [6.07, 6.45) is -2.25. The van der Waals surface area contributed by atoms with Crippen molar-refractivity contribution in [2.75, 3.05) is 20.0 Å². The average Bonchev–Trinajstić information content (AvgIpc) is 2.43. The minimum atomic E-state index is -1.17. The van der Waals surface area contributed by atoms with E-state index in [1.54, 1.807) is 12.1 Å². The number of thioether (sulfide) groups is 1. The van der Waals surface area contributed by atoms with Gasteiger partial charge in [0.25, 0.3) is 0 Å². The number of aliphatic hydroxyl groups excluding tert-OH is 2. The van der Waals surface area contributed by atoms with E-state index in [1.165, 1.54) is 21.1 Å². The summed E-state index contributed by atoms with van der Waals surface area (Å²) in [5, 5.41) is 20.0. The summed E-state index contributed by atoms with van der Waals surface area (Å²) in [6, 6.07) is 3.25. The molecule has 20 heavy (non-hydrogen) atoms. The second-order valence-corrected chi connectivity index (χ2v) is 6.09. The van der Waals surface area contributed by atoms with Crippen molar-refractivity contribution < 1.29 is 24.5 Å². The molecule has 0 amide bonds. The Labute approximate surface area is 130 Å². The van der Waals surface area contributed by atoms with Crippen molar-refractivity contribution in [3.05, 3.63) is 22.2 Å². The Hall–Kier alpha value is -0.760. The molecule has 0 spiro atoms. The van der Waals surface area contributed by atoms with Crippen molar-refractivity contribution in [2.45, 2.75) is 19.1 Å². The maximum Gasteiger partial charge on any atom is 0.185 e. The largest absolute Gasteiger partial charge is 0.496 e. The summed E-state index contributed by atoms with van der Waals surface area (Å²) in [6.45, 7) is 1.41. The number of aliphatic hydroxyl groups is 2. The molecule has 0 aliphatic heterocycles. The van der Waals surface area contributed by atoms with E-state index in [0.717, 1.165) is 11.8 Å². The molecular formula is C13H17BrO5S.